The fourth-order valence-electron chi connectivity index (χ4n) is 1.21. The van der Waals surface area contributed by atoms with Crippen molar-refractivity contribution in [3.8, 4) is 5.75 Å². The van der Waals surface area contributed by atoms with E-state index in [0.29, 0.717) is 5.75 Å². The average Bonchev–Trinajstić information content (AvgIpc) is 2.16. The van der Waals surface area contributed by atoms with Crippen LogP contribution < -0.4 is 10.5 Å². The van der Waals surface area contributed by atoms with E-state index in [1.807, 2.05) is 6.92 Å². The molecule has 13 heavy (non-hydrogen) atoms. The number of methoxy groups -OCH3 is 1. The van der Waals surface area contributed by atoms with Crippen molar-refractivity contribution >= 4 is 0 Å². The molecule has 72 valence electrons. The minimum Gasteiger partial charge on any atom is -0.496 e. The first-order valence-corrected chi connectivity index (χ1v) is 4.28. The van der Waals surface area contributed by atoms with Gasteiger partial charge in [0.2, 0.25) is 0 Å². The van der Waals surface area contributed by atoms with Crippen molar-refractivity contribution in [1.82, 2.24) is 0 Å². The fourth-order valence-corrected chi connectivity index (χ4v) is 1.21. The lowest BCUT2D eigenvalue weighted by molar-refractivity contribution is 0.401. The molecule has 2 N–H and O–H groups in total. The monoisotopic (exact) mass is 183 g/mol. The van der Waals surface area contributed by atoms with Crippen molar-refractivity contribution in [3.05, 3.63) is 29.6 Å². The molecule has 0 heterocycles. The second-order valence-corrected chi connectivity index (χ2v) is 2.90. The summed E-state index contributed by atoms with van der Waals surface area (Å²) in [4.78, 5) is 0. The van der Waals surface area contributed by atoms with Crippen LogP contribution in [0.5, 0.6) is 5.75 Å². The molecule has 0 fully saturated rings. The number of hydrogen-bond acceptors (Lipinski definition) is 2. The molecule has 0 aliphatic rings. The average molecular weight is 183 g/mol. The quantitative estimate of drug-likeness (QED) is 0.780. The van der Waals surface area contributed by atoms with Gasteiger partial charge in [-0.05, 0) is 12.5 Å². The maximum Gasteiger partial charge on any atom is 0.126 e. The van der Waals surface area contributed by atoms with Crippen LogP contribution in [0.25, 0.3) is 0 Å². The highest BCUT2D eigenvalue weighted by Crippen LogP contribution is 2.25. The van der Waals surface area contributed by atoms with Crippen LogP contribution in [-0.2, 0) is 0 Å². The smallest absolute Gasteiger partial charge is 0.126 e. The van der Waals surface area contributed by atoms with Gasteiger partial charge in [-0.2, -0.15) is 0 Å². The Morgan fingerprint density at radius 3 is 2.77 bits per heavy atom. The molecule has 1 aromatic rings. The van der Waals surface area contributed by atoms with Gasteiger partial charge in [0, 0.05) is 17.7 Å². The summed E-state index contributed by atoms with van der Waals surface area (Å²) in [6.07, 6.45) is 0.808. The fraction of sp³-hybridized carbons (Fsp3) is 0.400. The summed E-state index contributed by atoms with van der Waals surface area (Å²) in [6, 6.07) is 4.33. The Morgan fingerprint density at radius 1 is 1.54 bits per heavy atom. The highest BCUT2D eigenvalue weighted by Gasteiger charge is 2.10. The first-order chi connectivity index (χ1) is 6.19. The molecule has 0 aliphatic heterocycles. The van der Waals surface area contributed by atoms with E-state index in [-0.39, 0.29) is 11.9 Å². The highest BCUT2D eigenvalue weighted by atomic mass is 19.1. The highest BCUT2D eigenvalue weighted by molar-refractivity contribution is 5.36. The summed E-state index contributed by atoms with van der Waals surface area (Å²) in [5.41, 5.74) is 6.67. The maximum absolute atomic E-state index is 12.8. The van der Waals surface area contributed by atoms with E-state index in [1.54, 1.807) is 6.07 Å². The van der Waals surface area contributed by atoms with Gasteiger partial charge in [-0.15, -0.1) is 0 Å². The summed E-state index contributed by atoms with van der Waals surface area (Å²) < 4.78 is 17.8. The van der Waals surface area contributed by atoms with Crippen LogP contribution in [0.2, 0.25) is 0 Å². The van der Waals surface area contributed by atoms with Gasteiger partial charge in [0.25, 0.3) is 0 Å². The van der Waals surface area contributed by atoms with Gasteiger partial charge < -0.3 is 10.5 Å². The Labute approximate surface area is 77.5 Å². The predicted molar refractivity (Wildman–Crippen MR) is 50.2 cm³/mol. The molecule has 0 aliphatic carbocycles. The lowest BCUT2D eigenvalue weighted by Gasteiger charge is -2.13. The lowest BCUT2D eigenvalue weighted by Crippen LogP contribution is -2.10. The van der Waals surface area contributed by atoms with Crippen molar-refractivity contribution < 1.29 is 9.13 Å². The van der Waals surface area contributed by atoms with E-state index in [4.69, 9.17) is 10.5 Å². The molecule has 1 atom stereocenters. The molecular formula is C10H14FNO. The van der Waals surface area contributed by atoms with Crippen LogP contribution >= 0.6 is 0 Å². The molecule has 3 heteroatoms. The van der Waals surface area contributed by atoms with Gasteiger partial charge in [-0.3, -0.25) is 0 Å². The molecule has 0 spiro atoms. The summed E-state index contributed by atoms with van der Waals surface area (Å²) in [6.45, 7) is 1.98. The topological polar surface area (TPSA) is 35.2 Å². The van der Waals surface area contributed by atoms with Crippen molar-refractivity contribution in [3.63, 3.8) is 0 Å². The second kappa shape index (κ2) is 4.23. The van der Waals surface area contributed by atoms with Crippen LogP contribution in [0, 0.1) is 5.82 Å². The molecule has 0 aromatic heterocycles. The molecular weight excluding hydrogens is 169 g/mol. The minimum atomic E-state index is -0.302. The predicted octanol–water partition coefficient (Wildman–Crippen LogP) is 2.24. The zero-order valence-corrected chi connectivity index (χ0v) is 7.88. The van der Waals surface area contributed by atoms with Crippen LogP contribution in [0.3, 0.4) is 0 Å². The Morgan fingerprint density at radius 2 is 2.23 bits per heavy atom. The van der Waals surface area contributed by atoms with E-state index in [1.165, 1.54) is 19.2 Å². The number of rotatable bonds is 3. The third kappa shape index (κ3) is 2.18. The summed E-state index contributed by atoms with van der Waals surface area (Å²) in [5, 5.41) is 0. The zero-order valence-electron chi connectivity index (χ0n) is 7.88. The largest absolute Gasteiger partial charge is 0.496 e. The van der Waals surface area contributed by atoms with Crippen LogP contribution in [0.4, 0.5) is 4.39 Å². The lowest BCUT2D eigenvalue weighted by atomic mass is 10.0. The third-order valence-corrected chi connectivity index (χ3v) is 2.03. The molecule has 0 unspecified atom stereocenters. The molecule has 0 bridgehead atoms. The normalized spacial score (nSPS) is 12.6. The van der Waals surface area contributed by atoms with Crippen molar-refractivity contribution in [2.24, 2.45) is 5.73 Å². The second-order valence-electron chi connectivity index (χ2n) is 2.90. The molecule has 1 rings (SSSR count). The molecule has 0 saturated heterocycles. The molecule has 2 nitrogen and oxygen atoms in total. The van der Waals surface area contributed by atoms with Gasteiger partial charge >= 0.3 is 0 Å². The number of halogens is 1. The Kier molecular flexibility index (Phi) is 3.25. The summed E-state index contributed by atoms with van der Waals surface area (Å²) in [7, 11) is 1.51. The van der Waals surface area contributed by atoms with Gasteiger partial charge in [0.1, 0.15) is 11.6 Å². The van der Waals surface area contributed by atoms with Gasteiger partial charge in [0.15, 0.2) is 0 Å². The number of ether oxygens (including phenoxy) is 1. The van der Waals surface area contributed by atoms with Crippen LogP contribution in [0.1, 0.15) is 24.9 Å². The van der Waals surface area contributed by atoms with E-state index in [2.05, 4.69) is 0 Å². The minimum absolute atomic E-state index is 0.0875. The van der Waals surface area contributed by atoms with E-state index < -0.39 is 0 Å². The van der Waals surface area contributed by atoms with E-state index >= 15 is 0 Å². The number of nitrogens with two attached hydrogens (primary N) is 1. The first-order valence-electron chi connectivity index (χ1n) is 4.28. The summed E-state index contributed by atoms with van der Waals surface area (Å²) >= 11 is 0. The first kappa shape index (κ1) is 9.99. The SMILES string of the molecule is CC[C@H](N)c1ccc(F)cc1OC. The van der Waals surface area contributed by atoms with Crippen molar-refractivity contribution in [2.75, 3.05) is 7.11 Å². The third-order valence-electron chi connectivity index (χ3n) is 2.03. The maximum atomic E-state index is 12.8. The standard InChI is InChI=1S/C10H14FNO/c1-3-9(12)8-5-4-7(11)6-10(8)13-2/h4-6,9H,3,12H2,1-2H3/t9-/m0/s1. The van der Waals surface area contributed by atoms with Gasteiger partial charge in [0.05, 0.1) is 7.11 Å². The van der Waals surface area contributed by atoms with Crippen molar-refractivity contribution in [1.29, 1.82) is 0 Å². The molecule has 0 saturated carbocycles. The summed E-state index contributed by atoms with van der Waals surface area (Å²) in [5.74, 6) is 0.221. The van der Waals surface area contributed by atoms with Crippen molar-refractivity contribution in [2.45, 2.75) is 19.4 Å². The number of benzene rings is 1. The Hall–Kier alpha value is -1.09. The Bertz CT molecular complexity index is 288. The van der Waals surface area contributed by atoms with E-state index in [0.717, 1.165) is 12.0 Å². The molecule has 0 amide bonds. The zero-order chi connectivity index (χ0) is 9.84. The molecule has 0 radical (unpaired) electrons. The van der Waals surface area contributed by atoms with Gasteiger partial charge in [-0.1, -0.05) is 13.0 Å². The molecule has 1 aromatic carbocycles. The van der Waals surface area contributed by atoms with E-state index in [9.17, 15) is 4.39 Å². The van der Waals surface area contributed by atoms with Crippen LogP contribution in [-0.4, -0.2) is 7.11 Å². The number of hydrogen-bond donors (Lipinski definition) is 1. The van der Waals surface area contributed by atoms with Crippen LogP contribution in [0.15, 0.2) is 18.2 Å². The Balaban J connectivity index is 3.05. The van der Waals surface area contributed by atoms with Gasteiger partial charge in [-0.25, -0.2) is 4.39 Å².